The van der Waals surface area contributed by atoms with Crippen LogP contribution in [0.15, 0.2) is 18.2 Å². The molecule has 0 atom stereocenters. The lowest BCUT2D eigenvalue weighted by Gasteiger charge is -2.10. The zero-order valence-electron chi connectivity index (χ0n) is 10.9. The molecule has 1 aromatic rings. The summed E-state index contributed by atoms with van der Waals surface area (Å²) in [6, 6.07) is 5.11. The minimum absolute atomic E-state index is 0.103. The van der Waals surface area contributed by atoms with Gasteiger partial charge in [-0.1, -0.05) is 6.92 Å². The first-order valence-corrected chi connectivity index (χ1v) is 5.98. The maximum atomic E-state index is 11.7. The number of amides is 1. The number of nitrogen functional groups attached to an aromatic ring is 1. The number of benzene rings is 1. The number of nitrogens with two attached hydrogens (primary N) is 1. The van der Waals surface area contributed by atoms with Crippen LogP contribution in [0, 0.1) is 0 Å². The van der Waals surface area contributed by atoms with Crippen molar-refractivity contribution in [2.75, 3.05) is 31.4 Å². The molecule has 1 rings (SSSR count). The van der Waals surface area contributed by atoms with Crippen LogP contribution >= 0.6 is 0 Å². The third-order valence-corrected chi connectivity index (χ3v) is 2.32. The number of ether oxygens (including phenoxy) is 2. The van der Waals surface area contributed by atoms with Crippen LogP contribution in [0.3, 0.4) is 0 Å². The molecule has 100 valence electrons. The number of nitrogens with one attached hydrogen (secondary N) is 1. The van der Waals surface area contributed by atoms with Crippen LogP contribution in [-0.4, -0.2) is 26.2 Å². The molecule has 0 saturated carbocycles. The first-order valence-electron chi connectivity index (χ1n) is 5.98. The maximum absolute atomic E-state index is 11.7. The SMILES string of the molecule is CCCOCCC(=O)Nc1ccc(N)cc1OC. The highest BCUT2D eigenvalue weighted by Gasteiger charge is 2.07. The molecule has 0 heterocycles. The van der Waals surface area contributed by atoms with Crippen LogP contribution in [0.4, 0.5) is 11.4 Å². The van der Waals surface area contributed by atoms with Gasteiger partial charge in [0.05, 0.1) is 25.8 Å². The van der Waals surface area contributed by atoms with Crippen molar-refractivity contribution in [2.24, 2.45) is 0 Å². The van der Waals surface area contributed by atoms with Crippen LogP contribution in [0.5, 0.6) is 5.75 Å². The van der Waals surface area contributed by atoms with E-state index in [9.17, 15) is 4.79 Å². The number of hydrogen-bond acceptors (Lipinski definition) is 4. The summed E-state index contributed by atoms with van der Waals surface area (Å²) >= 11 is 0. The fourth-order valence-corrected chi connectivity index (χ4v) is 1.44. The number of carbonyl (C=O) groups is 1. The third kappa shape index (κ3) is 4.63. The number of anilines is 2. The highest BCUT2D eigenvalue weighted by Crippen LogP contribution is 2.26. The summed E-state index contributed by atoms with van der Waals surface area (Å²) in [6.45, 7) is 3.13. The molecule has 5 nitrogen and oxygen atoms in total. The Bertz CT molecular complexity index is 394. The van der Waals surface area contributed by atoms with Crippen LogP contribution < -0.4 is 15.8 Å². The van der Waals surface area contributed by atoms with E-state index >= 15 is 0 Å². The topological polar surface area (TPSA) is 73.6 Å². The first kappa shape index (κ1) is 14.3. The van der Waals surface area contributed by atoms with Gasteiger partial charge >= 0.3 is 0 Å². The van der Waals surface area contributed by atoms with Crippen LogP contribution in [0.25, 0.3) is 0 Å². The van der Waals surface area contributed by atoms with Gasteiger partial charge in [-0.3, -0.25) is 4.79 Å². The van der Waals surface area contributed by atoms with Crippen molar-refractivity contribution < 1.29 is 14.3 Å². The van der Waals surface area contributed by atoms with Crippen molar-refractivity contribution in [2.45, 2.75) is 19.8 Å². The van der Waals surface area contributed by atoms with E-state index in [1.54, 1.807) is 18.2 Å². The Hall–Kier alpha value is -1.75. The quantitative estimate of drug-likeness (QED) is 0.575. The van der Waals surface area contributed by atoms with E-state index in [-0.39, 0.29) is 5.91 Å². The van der Waals surface area contributed by atoms with E-state index in [2.05, 4.69) is 5.32 Å². The fraction of sp³-hybridized carbons (Fsp3) is 0.462. The Labute approximate surface area is 107 Å². The number of methoxy groups -OCH3 is 1. The van der Waals surface area contributed by atoms with Crippen LogP contribution in [-0.2, 0) is 9.53 Å². The van der Waals surface area contributed by atoms with Gasteiger partial charge in [0.15, 0.2) is 0 Å². The normalized spacial score (nSPS) is 10.1. The Morgan fingerprint density at radius 1 is 1.39 bits per heavy atom. The minimum Gasteiger partial charge on any atom is -0.494 e. The summed E-state index contributed by atoms with van der Waals surface area (Å²) in [5.74, 6) is 0.451. The van der Waals surface area contributed by atoms with Gasteiger partial charge in [0.2, 0.25) is 5.91 Å². The molecule has 0 aliphatic rings. The second-order valence-corrected chi connectivity index (χ2v) is 3.87. The van der Waals surface area contributed by atoms with Gasteiger partial charge in [0, 0.05) is 18.4 Å². The number of rotatable bonds is 7. The van der Waals surface area contributed by atoms with Gasteiger partial charge in [-0.25, -0.2) is 0 Å². The summed E-state index contributed by atoms with van der Waals surface area (Å²) < 4.78 is 10.4. The average molecular weight is 252 g/mol. The molecular formula is C13H20N2O3. The molecule has 0 aliphatic carbocycles. The molecule has 0 spiro atoms. The molecule has 0 saturated heterocycles. The van der Waals surface area contributed by atoms with Crippen molar-refractivity contribution in [3.63, 3.8) is 0 Å². The highest BCUT2D eigenvalue weighted by molar-refractivity contribution is 5.92. The molecule has 18 heavy (non-hydrogen) atoms. The van der Waals surface area contributed by atoms with Gasteiger partial charge in [-0.05, 0) is 18.6 Å². The molecule has 0 aliphatic heterocycles. The van der Waals surface area contributed by atoms with Crippen molar-refractivity contribution in [3.05, 3.63) is 18.2 Å². The molecule has 0 unspecified atom stereocenters. The summed E-state index contributed by atoms with van der Waals surface area (Å²) in [5.41, 5.74) is 6.85. The predicted molar refractivity (Wildman–Crippen MR) is 71.8 cm³/mol. The zero-order chi connectivity index (χ0) is 13.4. The van der Waals surface area contributed by atoms with Crippen molar-refractivity contribution in [1.82, 2.24) is 0 Å². The molecule has 1 aromatic carbocycles. The zero-order valence-corrected chi connectivity index (χ0v) is 10.9. The smallest absolute Gasteiger partial charge is 0.226 e. The van der Waals surface area contributed by atoms with Gasteiger partial charge in [-0.15, -0.1) is 0 Å². The largest absolute Gasteiger partial charge is 0.494 e. The molecule has 0 aromatic heterocycles. The van der Waals surface area contributed by atoms with Crippen molar-refractivity contribution >= 4 is 17.3 Å². The predicted octanol–water partition coefficient (Wildman–Crippen LogP) is 2.03. The first-order chi connectivity index (χ1) is 8.67. The third-order valence-electron chi connectivity index (χ3n) is 2.32. The number of carbonyl (C=O) groups excluding carboxylic acids is 1. The lowest BCUT2D eigenvalue weighted by atomic mass is 10.2. The minimum atomic E-state index is -0.103. The van der Waals surface area contributed by atoms with Gasteiger partial charge < -0.3 is 20.5 Å². The van der Waals surface area contributed by atoms with Gasteiger partial charge in [-0.2, -0.15) is 0 Å². The van der Waals surface area contributed by atoms with Gasteiger partial charge in [0.25, 0.3) is 0 Å². The molecular weight excluding hydrogens is 232 g/mol. The highest BCUT2D eigenvalue weighted by atomic mass is 16.5. The van der Waals surface area contributed by atoms with Crippen LogP contribution in [0.2, 0.25) is 0 Å². The molecule has 0 radical (unpaired) electrons. The lowest BCUT2D eigenvalue weighted by molar-refractivity contribution is -0.117. The standard InChI is InChI=1S/C13H20N2O3/c1-3-7-18-8-6-13(16)15-11-5-4-10(14)9-12(11)17-2/h4-5,9H,3,6-8,14H2,1-2H3,(H,15,16). The Kier molecular flexibility index (Phi) is 6.00. The second kappa shape index (κ2) is 7.55. The summed E-state index contributed by atoms with van der Waals surface area (Å²) in [4.78, 5) is 11.7. The Morgan fingerprint density at radius 3 is 2.83 bits per heavy atom. The maximum Gasteiger partial charge on any atom is 0.226 e. The average Bonchev–Trinajstić information content (AvgIpc) is 2.37. The Balaban J connectivity index is 2.48. The molecule has 5 heteroatoms. The van der Waals surface area contributed by atoms with E-state index in [0.717, 1.165) is 6.42 Å². The fourth-order valence-electron chi connectivity index (χ4n) is 1.44. The van der Waals surface area contributed by atoms with Crippen LogP contribution in [0.1, 0.15) is 19.8 Å². The van der Waals surface area contributed by atoms with Crippen molar-refractivity contribution in [3.8, 4) is 5.75 Å². The monoisotopic (exact) mass is 252 g/mol. The molecule has 0 bridgehead atoms. The van der Waals surface area contributed by atoms with E-state index < -0.39 is 0 Å². The van der Waals surface area contributed by atoms with E-state index in [0.29, 0.717) is 36.8 Å². The second-order valence-electron chi connectivity index (χ2n) is 3.87. The Morgan fingerprint density at radius 2 is 2.17 bits per heavy atom. The molecule has 0 fully saturated rings. The van der Waals surface area contributed by atoms with E-state index in [1.165, 1.54) is 7.11 Å². The number of hydrogen-bond donors (Lipinski definition) is 2. The molecule has 3 N–H and O–H groups in total. The van der Waals surface area contributed by atoms with Crippen molar-refractivity contribution in [1.29, 1.82) is 0 Å². The van der Waals surface area contributed by atoms with E-state index in [1.807, 2.05) is 6.92 Å². The summed E-state index contributed by atoms with van der Waals surface area (Å²) in [5, 5.41) is 2.77. The lowest BCUT2D eigenvalue weighted by Crippen LogP contribution is -2.15. The van der Waals surface area contributed by atoms with Gasteiger partial charge in [0.1, 0.15) is 5.75 Å². The summed E-state index contributed by atoms with van der Waals surface area (Å²) in [6.07, 6.45) is 1.28. The van der Waals surface area contributed by atoms with E-state index in [4.69, 9.17) is 15.2 Å². The molecule has 1 amide bonds. The summed E-state index contributed by atoms with van der Waals surface area (Å²) in [7, 11) is 1.54.